The van der Waals surface area contributed by atoms with Gasteiger partial charge in [-0.3, -0.25) is 18.6 Å². The van der Waals surface area contributed by atoms with Gasteiger partial charge in [0, 0.05) is 6.54 Å². The van der Waals surface area contributed by atoms with Crippen molar-refractivity contribution in [2.75, 3.05) is 0 Å². The Bertz CT molecular complexity index is 1410. The summed E-state index contributed by atoms with van der Waals surface area (Å²) in [6.45, 7) is 4.58. The minimum Gasteiger partial charge on any atom is -0.348 e. The number of amides is 1. The summed E-state index contributed by atoms with van der Waals surface area (Å²) in [6.07, 6.45) is 4.93. The number of nitrogens with one attached hydrogen (secondary N) is 1. The number of aromatic nitrogens is 4. The second kappa shape index (κ2) is 9.62. The minimum absolute atomic E-state index is 0.0212. The lowest BCUT2D eigenvalue weighted by Crippen LogP contribution is -2.36. The highest BCUT2D eigenvalue weighted by Gasteiger charge is 2.26. The van der Waals surface area contributed by atoms with Gasteiger partial charge in [0.05, 0.1) is 22.2 Å². The number of unbranched alkanes of at least 4 members (excludes halogenated alkanes) is 1. The molecule has 1 aliphatic rings. The summed E-state index contributed by atoms with van der Waals surface area (Å²) in [5.74, 6) is 0.500. The fraction of sp³-hybridized carbons (Fsp3) is 0.385. The molecule has 1 amide bonds. The first-order valence-electron chi connectivity index (χ1n) is 12.0. The van der Waals surface area contributed by atoms with E-state index in [0.29, 0.717) is 22.9 Å². The molecule has 0 radical (unpaired) electrons. The Balaban J connectivity index is 1.44. The van der Waals surface area contributed by atoms with Crippen LogP contribution in [0.1, 0.15) is 56.7 Å². The lowest BCUT2D eigenvalue weighted by Gasteiger charge is -2.27. The Labute approximate surface area is 202 Å². The zero-order valence-corrected chi connectivity index (χ0v) is 20.3. The van der Waals surface area contributed by atoms with E-state index in [1.807, 2.05) is 41.7 Å². The molecule has 4 aromatic rings. The van der Waals surface area contributed by atoms with Crippen LogP contribution in [0.25, 0.3) is 16.7 Å². The molecule has 176 valence electrons. The van der Waals surface area contributed by atoms with Crippen LogP contribution in [0.15, 0.2) is 58.5 Å². The van der Waals surface area contributed by atoms with Gasteiger partial charge in [-0.05, 0) is 55.9 Å². The van der Waals surface area contributed by atoms with E-state index in [4.69, 9.17) is 0 Å². The maximum atomic E-state index is 13.2. The highest BCUT2D eigenvalue weighted by Crippen LogP contribution is 2.31. The molecule has 0 fully saturated rings. The van der Waals surface area contributed by atoms with E-state index in [1.165, 1.54) is 22.9 Å². The normalized spacial score (nSPS) is 16.5. The molecule has 2 aromatic heterocycles. The summed E-state index contributed by atoms with van der Waals surface area (Å²) < 4.78 is 3.61. The SMILES string of the molecule is CCCCn1c(=O)c2ccccc2n2c(SC(C)C(=O)NC3CCCc4ccccc43)nnc12. The van der Waals surface area contributed by atoms with Crippen LogP contribution in [-0.4, -0.2) is 30.3 Å². The first-order valence-corrected chi connectivity index (χ1v) is 12.9. The molecule has 0 spiro atoms. The predicted octanol–water partition coefficient (Wildman–Crippen LogP) is 4.52. The zero-order valence-electron chi connectivity index (χ0n) is 19.5. The second-order valence-corrected chi connectivity index (χ2v) is 10.2. The second-order valence-electron chi connectivity index (χ2n) is 8.86. The Hall–Kier alpha value is -3.13. The Morgan fingerprint density at radius 3 is 2.82 bits per heavy atom. The Kier molecular flexibility index (Phi) is 6.41. The minimum atomic E-state index is -0.365. The third-order valence-corrected chi connectivity index (χ3v) is 7.59. The van der Waals surface area contributed by atoms with Crippen LogP contribution < -0.4 is 10.9 Å². The molecule has 2 heterocycles. The van der Waals surface area contributed by atoms with Gasteiger partial charge in [0.1, 0.15) is 0 Å². The van der Waals surface area contributed by atoms with Crippen molar-refractivity contribution >= 4 is 34.3 Å². The smallest absolute Gasteiger partial charge is 0.262 e. The molecule has 7 nitrogen and oxygen atoms in total. The van der Waals surface area contributed by atoms with E-state index in [2.05, 4.69) is 40.6 Å². The van der Waals surface area contributed by atoms with Crippen molar-refractivity contribution in [1.82, 2.24) is 24.5 Å². The van der Waals surface area contributed by atoms with Gasteiger partial charge in [0.15, 0.2) is 5.16 Å². The van der Waals surface area contributed by atoms with E-state index >= 15 is 0 Å². The van der Waals surface area contributed by atoms with Gasteiger partial charge < -0.3 is 5.32 Å². The highest BCUT2D eigenvalue weighted by atomic mass is 32.2. The number of carbonyl (C=O) groups is 1. The number of hydrogen-bond acceptors (Lipinski definition) is 5. The molecule has 0 bridgehead atoms. The summed E-state index contributed by atoms with van der Waals surface area (Å²) in [5.41, 5.74) is 3.25. The Morgan fingerprint density at radius 2 is 1.97 bits per heavy atom. The molecule has 1 aliphatic carbocycles. The molecule has 0 saturated heterocycles. The largest absolute Gasteiger partial charge is 0.348 e. The number of aryl methyl sites for hydroxylation is 2. The number of hydrogen-bond donors (Lipinski definition) is 1. The first kappa shape index (κ1) is 22.7. The van der Waals surface area contributed by atoms with Gasteiger partial charge in [-0.2, -0.15) is 0 Å². The molecule has 5 rings (SSSR count). The molecule has 8 heteroatoms. The van der Waals surface area contributed by atoms with Gasteiger partial charge >= 0.3 is 0 Å². The molecule has 0 aliphatic heterocycles. The number of para-hydroxylation sites is 1. The summed E-state index contributed by atoms with van der Waals surface area (Å²) in [6, 6.07) is 15.9. The van der Waals surface area contributed by atoms with Crippen LogP contribution >= 0.6 is 11.8 Å². The average molecular weight is 476 g/mol. The maximum absolute atomic E-state index is 13.2. The fourth-order valence-corrected chi connectivity index (χ4v) is 5.60. The lowest BCUT2D eigenvalue weighted by atomic mass is 9.88. The standard InChI is InChI=1S/C26H29N5O2S/c1-3-4-16-30-24(33)20-13-7-8-15-22(20)31-25(30)28-29-26(31)34-17(2)23(32)27-21-14-9-11-18-10-5-6-12-19(18)21/h5-8,10,12-13,15,17,21H,3-4,9,11,14,16H2,1-2H3,(H,27,32). The van der Waals surface area contributed by atoms with Crippen molar-refractivity contribution in [2.45, 2.75) is 68.9 Å². The van der Waals surface area contributed by atoms with Crippen LogP contribution in [0.4, 0.5) is 0 Å². The van der Waals surface area contributed by atoms with E-state index in [1.54, 1.807) is 4.57 Å². The average Bonchev–Trinajstić information content (AvgIpc) is 3.27. The predicted molar refractivity (Wildman–Crippen MR) is 135 cm³/mol. The molecule has 2 aromatic carbocycles. The first-order chi connectivity index (χ1) is 16.6. The summed E-state index contributed by atoms with van der Waals surface area (Å²) in [7, 11) is 0. The molecule has 2 atom stereocenters. The van der Waals surface area contributed by atoms with Gasteiger partial charge in [-0.1, -0.05) is 61.5 Å². The maximum Gasteiger partial charge on any atom is 0.262 e. The van der Waals surface area contributed by atoms with Crippen molar-refractivity contribution in [3.63, 3.8) is 0 Å². The van der Waals surface area contributed by atoms with Gasteiger partial charge in [-0.15, -0.1) is 10.2 Å². The molecular weight excluding hydrogens is 446 g/mol. The van der Waals surface area contributed by atoms with Gasteiger partial charge in [0.2, 0.25) is 11.7 Å². The van der Waals surface area contributed by atoms with Crippen molar-refractivity contribution in [2.24, 2.45) is 0 Å². The topological polar surface area (TPSA) is 81.3 Å². The van der Waals surface area contributed by atoms with Gasteiger partial charge in [-0.25, -0.2) is 0 Å². The van der Waals surface area contributed by atoms with Crippen molar-refractivity contribution < 1.29 is 4.79 Å². The number of rotatable bonds is 7. The van der Waals surface area contributed by atoms with Crippen LogP contribution in [0, 0.1) is 0 Å². The van der Waals surface area contributed by atoms with Crippen LogP contribution in [-0.2, 0) is 17.8 Å². The number of carbonyl (C=O) groups excluding carboxylic acids is 1. The highest BCUT2D eigenvalue weighted by molar-refractivity contribution is 8.00. The number of benzene rings is 2. The summed E-state index contributed by atoms with van der Waals surface area (Å²) >= 11 is 1.37. The molecule has 1 N–H and O–H groups in total. The van der Waals surface area contributed by atoms with Gasteiger partial charge in [0.25, 0.3) is 5.56 Å². The monoisotopic (exact) mass is 475 g/mol. The van der Waals surface area contributed by atoms with Crippen molar-refractivity contribution in [1.29, 1.82) is 0 Å². The zero-order chi connectivity index (χ0) is 23.7. The van der Waals surface area contributed by atoms with E-state index in [0.717, 1.165) is 37.6 Å². The van der Waals surface area contributed by atoms with Crippen LogP contribution in [0.2, 0.25) is 0 Å². The van der Waals surface area contributed by atoms with Crippen molar-refractivity contribution in [3.8, 4) is 0 Å². The van der Waals surface area contributed by atoms with E-state index < -0.39 is 0 Å². The number of thioether (sulfide) groups is 1. The molecule has 34 heavy (non-hydrogen) atoms. The molecule has 0 saturated carbocycles. The third kappa shape index (κ3) is 4.11. The third-order valence-electron chi connectivity index (χ3n) is 6.55. The van der Waals surface area contributed by atoms with E-state index in [-0.39, 0.29) is 22.8 Å². The van der Waals surface area contributed by atoms with Crippen LogP contribution in [0.5, 0.6) is 0 Å². The summed E-state index contributed by atoms with van der Waals surface area (Å²) in [4.78, 5) is 26.3. The quantitative estimate of drug-likeness (QED) is 0.398. The van der Waals surface area contributed by atoms with Crippen molar-refractivity contribution in [3.05, 3.63) is 70.0 Å². The summed E-state index contributed by atoms with van der Waals surface area (Å²) in [5, 5.41) is 12.9. The molecular formula is C26H29N5O2S. The molecule has 2 unspecified atom stereocenters. The van der Waals surface area contributed by atoms with E-state index in [9.17, 15) is 9.59 Å². The Morgan fingerprint density at radius 1 is 1.18 bits per heavy atom. The lowest BCUT2D eigenvalue weighted by molar-refractivity contribution is -0.121. The number of nitrogens with zero attached hydrogens (tertiary/aromatic N) is 4. The number of fused-ring (bicyclic) bond motifs is 4. The van der Waals surface area contributed by atoms with Crippen LogP contribution in [0.3, 0.4) is 0 Å². The fourth-order valence-electron chi connectivity index (χ4n) is 4.73.